The normalized spacial score (nSPS) is 14.2. The van der Waals surface area contributed by atoms with Crippen LogP contribution in [-0.2, 0) is 22.7 Å². The number of hydrogen-bond acceptors (Lipinski definition) is 6. The molecule has 9 nitrogen and oxygen atoms in total. The van der Waals surface area contributed by atoms with Crippen LogP contribution < -0.4 is 14.8 Å². The van der Waals surface area contributed by atoms with Gasteiger partial charge in [0.2, 0.25) is 11.8 Å². The Morgan fingerprint density at radius 2 is 1.75 bits per heavy atom. The van der Waals surface area contributed by atoms with Crippen LogP contribution in [0, 0.1) is 6.92 Å². The van der Waals surface area contributed by atoms with Crippen molar-refractivity contribution in [2.45, 2.75) is 57.8 Å². The zero-order valence-corrected chi connectivity index (χ0v) is 23.2. The number of carbonyl (C=O) groups is 2. The summed E-state index contributed by atoms with van der Waals surface area (Å²) in [4.78, 5) is 30.0. The van der Waals surface area contributed by atoms with E-state index in [4.69, 9.17) is 9.47 Å². The van der Waals surface area contributed by atoms with Crippen molar-refractivity contribution in [2.24, 2.45) is 0 Å². The molecule has 0 aliphatic heterocycles. The Morgan fingerprint density at radius 1 is 1.00 bits per heavy atom. The number of aryl methyl sites for hydroxylation is 1. The van der Waals surface area contributed by atoms with Crippen molar-refractivity contribution in [1.82, 2.24) is 25.2 Å². The Balaban J connectivity index is 1.59. The van der Waals surface area contributed by atoms with Crippen molar-refractivity contribution >= 4 is 22.8 Å². The molecule has 1 aromatic heterocycles. The second-order valence-corrected chi connectivity index (χ2v) is 10.2. The number of benzene rings is 3. The molecule has 1 aliphatic rings. The lowest BCUT2D eigenvalue weighted by Gasteiger charge is -2.33. The minimum atomic E-state index is -0.964. The number of ether oxygens (including phenoxy) is 2. The number of nitrogens with zero attached hydrogens (tertiary/aromatic N) is 4. The van der Waals surface area contributed by atoms with E-state index in [9.17, 15) is 9.59 Å². The summed E-state index contributed by atoms with van der Waals surface area (Å²) in [5.41, 5.74) is 4.02. The number of aromatic nitrogens is 3. The molecule has 1 heterocycles. The minimum Gasteiger partial charge on any atom is -0.493 e. The van der Waals surface area contributed by atoms with E-state index in [2.05, 4.69) is 15.6 Å². The molecular weight excluding hydrogens is 506 g/mol. The molecule has 0 saturated heterocycles. The highest BCUT2D eigenvalue weighted by Crippen LogP contribution is 2.38. The quantitative estimate of drug-likeness (QED) is 0.316. The van der Waals surface area contributed by atoms with Crippen LogP contribution in [0.2, 0.25) is 0 Å². The van der Waals surface area contributed by atoms with Gasteiger partial charge in [-0.05, 0) is 43.5 Å². The molecule has 2 amide bonds. The summed E-state index contributed by atoms with van der Waals surface area (Å²) in [5, 5.41) is 11.7. The molecule has 0 bridgehead atoms. The van der Waals surface area contributed by atoms with E-state index in [0.29, 0.717) is 22.6 Å². The van der Waals surface area contributed by atoms with Gasteiger partial charge in [-0.25, -0.2) is 4.68 Å². The van der Waals surface area contributed by atoms with Gasteiger partial charge in [0.05, 0.1) is 19.7 Å². The molecule has 1 saturated carbocycles. The first-order chi connectivity index (χ1) is 19.5. The Morgan fingerprint density at radius 3 is 2.48 bits per heavy atom. The van der Waals surface area contributed by atoms with Crippen LogP contribution in [0.15, 0.2) is 66.7 Å². The first-order valence-electron chi connectivity index (χ1n) is 13.6. The second kappa shape index (κ2) is 12.2. The predicted molar refractivity (Wildman–Crippen MR) is 152 cm³/mol. The maximum atomic E-state index is 14.2. The molecule has 0 radical (unpaired) electrons. The summed E-state index contributed by atoms with van der Waals surface area (Å²) in [6, 6.07) is 20.0. The van der Waals surface area contributed by atoms with Gasteiger partial charge in [-0.3, -0.25) is 9.59 Å². The predicted octanol–water partition coefficient (Wildman–Crippen LogP) is 4.59. The van der Waals surface area contributed by atoms with E-state index in [1.165, 1.54) is 0 Å². The van der Waals surface area contributed by atoms with E-state index < -0.39 is 6.04 Å². The van der Waals surface area contributed by atoms with Crippen molar-refractivity contribution in [3.05, 3.63) is 83.4 Å². The zero-order chi connectivity index (χ0) is 28.1. The molecule has 40 heavy (non-hydrogen) atoms. The van der Waals surface area contributed by atoms with Gasteiger partial charge in [0.1, 0.15) is 18.1 Å². The topological polar surface area (TPSA) is 98.6 Å². The third-order valence-electron chi connectivity index (χ3n) is 7.49. The lowest BCUT2D eigenvalue weighted by Crippen LogP contribution is -2.46. The van der Waals surface area contributed by atoms with Crippen molar-refractivity contribution in [3.63, 3.8) is 0 Å². The third kappa shape index (κ3) is 5.78. The highest BCUT2D eigenvalue weighted by atomic mass is 16.5. The molecular formula is C31H35N5O4. The highest BCUT2D eigenvalue weighted by Gasteiger charge is 2.36. The van der Waals surface area contributed by atoms with Gasteiger partial charge in [-0.15, -0.1) is 5.10 Å². The summed E-state index contributed by atoms with van der Waals surface area (Å²) < 4.78 is 12.9. The number of rotatable bonds is 10. The number of fused-ring (bicyclic) bond motifs is 1. The van der Waals surface area contributed by atoms with Crippen molar-refractivity contribution in [2.75, 3.05) is 14.2 Å². The van der Waals surface area contributed by atoms with E-state index >= 15 is 0 Å². The van der Waals surface area contributed by atoms with E-state index in [-0.39, 0.29) is 30.9 Å². The minimum absolute atomic E-state index is 0.0715. The molecule has 0 unspecified atom stereocenters. The lowest BCUT2D eigenvalue weighted by atomic mass is 10.00. The monoisotopic (exact) mass is 541 g/mol. The zero-order valence-electron chi connectivity index (χ0n) is 23.2. The summed E-state index contributed by atoms with van der Waals surface area (Å²) in [6.45, 7) is 2.15. The number of hydrogen-bond donors (Lipinski definition) is 1. The van der Waals surface area contributed by atoms with Crippen molar-refractivity contribution < 1.29 is 19.1 Å². The van der Waals surface area contributed by atoms with E-state index in [0.717, 1.165) is 42.3 Å². The molecule has 5 rings (SSSR count). The molecule has 1 N–H and O–H groups in total. The first-order valence-corrected chi connectivity index (χ1v) is 13.6. The molecule has 9 heteroatoms. The molecule has 1 fully saturated rings. The number of amides is 2. The number of carbonyl (C=O) groups excluding carboxylic acids is 2. The smallest absolute Gasteiger partial charge is 0.247 e. The van der Waals surface area contributed by atoms with Crippen LogP contribution in [-0.4, -0.2) is 52.0 Å². The maximum absolute atomic E-state index is 14.2. The molecule has 1 aliphatic carbocycles. The number of nitrogens with one attached hydrogen (secondary N) is 1. The van der Waals surface area contributed by atoms with Crippen LogP contribution in [0.25, 0.3) is 11.0 Å². The second-order valence-electron chi connectivity index (χ2n) is 10.2. The van der Waals surface area contributed by atoms with Crippen LogP contribution in [0.4, 0.5) is 0 Å². The molecule has 4 aromatic rings. The molecule has 0 spiro atoms. The average Bonchev–Trinajstić information content (AvgIpc) is 3.63. The number of methoxy groups -OCH3 is 2. The van der Waals surface area contributed by atoms with Gasteiger partial charge in [-0.2, -0.15) is 0 Å². The van der Waals surface area contributed by atoms with E-state index in [1.807, 2.05) is 67.6 Å². The lowest BCUT2D eigenvalue weighted by molar-refractivity contribution is -0.142. The molecule has 1 atom stereocenters. The Kier molecular flexibility index (Phi) is 8.28. The van der Waals surface area contributed by atoms with Crippen LogP contribution >= 0.6 is 0 Å². The molecule has 3 aromatic carbocycles. The first kappa shape index (κ1) is 27.2. The highest BCUT2D eigenvalue weighted by molar-refractivity contribution is 5.90. The fraction of sp³-hybridized carbons (Fsp3) is 0.355. The number of para-hydroxylation sites is 2. The Hall–Kier alpha value is -4.40. The standard InChI is InChI=1S/C31H35N5O4/c1-21-15-17-22(18-16-21)19-35(28(37)20-36-26-13-7-6-12-25(26)33-34-36)29(31(38)32-23-9-4-5-10-23)24-11-8-14-27(39-2)30(24)40-3/h6-8,11-18,23,29H,4-5,9-10,19-20H2,1-3H3,(H,32,38)/t29-/m1/s1. The Bertz CT molecular complexity index is 1480. The van der Waals surface area contributed by atoms with Gasteiger partial charge in [0, 0.05) is 18.2 Å². The van der Waals surface area contributed by atoms with E-state index in [1.54, 1.807) is 29.9 Å². The average molecular weight is 542 g/mol. The maximum Gasteiger partial charge on any atom is 0.247 e. The van der Waals surface area contributed by atoms with Crippen LogP contribution in [0.1, 0.15) is 48.4 Å². The summed E-state index contributed by atoms with van der Waals surface area (Å²) in [6.07, 6.45) is 3.99. The fourth-order valence-electron chi connectivity index (χ4n) is 5.39. The van der Waals surface area contributed by atoms with Crippen LogP contribution in [0.5, 0.6) is 11.5 Å². The fourth-order valence-corrected chi connectivity index (χ4v) is 5.39. The van der Waals surface area contributed by atoms with Gasteiger partial charge in [0.25, 0.3) is 0 Å². The van der Waals surface area contributed by atoms with Crippen molar-refractivity contribution in [1.29, 1.82) is 0 Å². The van der Waals surface area contributed by atoms with Gasteiger partial charge < -0.3 is 19.7 Å². The van der Waals surface area contributed by atoms with Gasteiger partial charge in [-0.1, -0.05) is 72.1 Å². The third-order valence-corrected chi connectivity index (χ3v) is 7.49. The summed E-state index contributed by atoms with van der Waals surface area (Å²) in [5.74, 6) is 0.392. The van der Waals surface area contributed by atoms with Gasteiger partial charge in [0.15, 0.2) is 11.5 Å². The largest absolute Gasteiger partial charge is 0.493 e. The van der Waals surface area contributed by atoms with Gasteiger partial charge >= 0.3 is 0 Å². The van der Waals surface area contributed by atoms with Crippen molar-refractivity contribution in [3.8, 4) is 11.5 Å². The summed E-state index contributed by atoms with van der Waals surface area (Å²) in [7, 11) is 3.10. The SMILES string of the molecule is COc1cccc([C@H](C(=O)NC2CCCC2)N(Cc2ccc(C)cc2)C(=O)Cn2nnc3ccccc32)c1OC. The Labute approximate surface area is 234 Å². The summed E-state index contributed by atoms with van der Waals surface area (Å²) >= 11 is 0. The molecule has 208 valence electrons. The van der Waals surface area contributed by atoms with Crippen LogP contribution in [0.3, 0.4) is 0 Å².